The normalized spacial score (nSPS) is 14.6. The molecule has 5 rings (SSSR count). The van der Waals surface area contributed by atoms with Gasteiger partial charge in [0.2, 0.25) is 0 Å². The van der Waals surface area contributed by atoms with Gasteiger partial charge in [0.1, 0.15) is 0 Å². The van der Waals surface area contributed by atoms with Gasteiger partial charge in [-0.2, -0.15) is 10.4 Å². The van der Waals surface area contributed by atoms with E-state index in [1.807, 2.05) is 42.5 Å². The van der Waals surface area contributed by atoms with Gasteiger partial charge in [-0.15, -0.1) is 0 Å². The predicted molar refractivity (Wildman–Crippen MR) is 125 cm³/mol. The molecule has 0 saturated carbocycles. The summed E-state index contributed by atoms with van der Waals surface area (Å²) in [5, 5.41) is 16.2. The fourth-order valence-electron chi connectivity index (χ4n) is 4.13. The third-order valence-corrected chi connectivity index (χ3v) is 5.77. The Morgan fingerprint density at radius 1 is 1.15 bits per heavy atom. The first kappa shape index (κ1) is 20.4. The number of aromatic nitrogens is 2. The number of carbonyl (C=O) groups is 2. The third kappa shape index (κ3) is 4.30. The molecule has 0 radical (unpaired) electrons. The second-order valence-corrected chi connectivity index (χ2v) is 8.08. The molecule has 1 N–H and O–H groups in total. The Hall–Kier alpha value is -4.50. The lowest BCUT2D eigenvalue weighted by atomic mass is 9.91. The quantitative estimate of drug-likeness (QED) is 0.654. The highest BCUT2D eigenvalue weighted by Crippen LogP contribution is 2.32. The number of ketones is 1. The standard InChI is InChI=1S/C27H20N4O2/c28-14-18-4-3-5-19(10-18)16-31-17-24(15-29-31)30-27(33)22-8-9-26(32)25(13-22)23-11-20-6-1-2-7-21(20)12-23/h1-8,10-11,13,15,17H,9,12,16H2,(H,30,33). The fraction of sp³-hybridized carbons (Fsp3) is 0.111. The minimum Gasteiger partial charge on any atom is -0.319 e. The molecule has 0 unspecified atom stereocenters. The number of benzene rings is 2. The van der Waals surface area contributed by atoms with Gasteiger partial charge in [-0.25, -0.2) is 0 Å². The molecule has 2 aliphatic carbocycles. The Bertz CT molecular complexity index is 1420. The lowest BCUT2D eigenvalue weighted by molar-refractivity contribution is -0.114. The van der Waals surface area contributed by atoms with Crippen molar-refractivity contribution in [2.45, 2.75) is 19.4 Å². The van der Waals surface area contributed by atoms with Crippen LogP contribution in [0.25, 0.3) is 6.08 Å². The van der Waals surface area contributed by atoms with E-state index in [1.54, 1.807) is 35.3 Å². The van der Waals surface area contributed by atoms with Crippen LogP contribution in [-0.4, -0.2) is 21.5 Å². The Labute approximate surface area is 191 Å². The number of amides is 1. The van der Waals surface area contributed by atoms with Crippen molar-refractivity contribution in [2.24, 2.45) is 0 Å². The summed E-state index contributed by atoms with van der Waals surface area (Å²) in [7, 11) is 0. The number of carbonyl (C=O) groups excluding carboxylic acids is 2. The van der Waals surface area contributed by atoms with E-state index in [0.717, 1.165) is 16.7 Å². The number of rotatable bonds is 5. The molecule has 1 heterocycles. The molecule has 0 bridgehead atoms. The van der Waals surface area contributed by atoms with Gasteiger partial charge in [-0.3, -0.25) is 14.3 Å². The monoisotopic (exact) mass is 432 g/mol. The molecule has 1 amide bonds. The van der Waals surface area contributed by atoms with Crippen molar-refractivity contribution >= 4 is 23.5 Å². The van der Waals surface area contributed by atoms with Gasteiger partial charge < -0.3 is 5.32 Å². The summed E-state index contributed by atoms with van der Waals surface area (Å²) in [4.78, 5) is 25.4. The molecule has 0 saturated heterocycles. The van der Waals surface area contributed by atoms with Crippen LogP contribution in [0.3, 0.4) is 0 Å². The molecular formula is C27H20N4O2. The van der Waals surface area contributed by atoms with E-state index < -0.39 is 0 Å². The maximum Gasteiger partial charge on any atom is 0.255 e. The molecule has 1 aromatic heterocycles. The van der Waals surface area contributed by atoms with Crippen molar-refractivity contribution in [3.8, 4) is 6.07 Å². The first-order chi connectivity index (χ1) is 16.1. The number of nitrogens with zero attached hydrogens (tertiary/aromatic N) is 3. The summed E-state index contributed by atoms with van der Waals surface area (Å²) in [6.07, 6.45) is 9.62. The average molecular weight is 432 g/mol. The van der Waals surface area contributed by atoms with Crippen LogP contribution in [0, 0.1) is 11.3 Å². The highest BCUT2D eigenvalue weighted by atomic mass is 16.2. The van der Waals surface area contributed by atoms with Crippen LogP contribution < -0.4 is 5.32 Å². The topological polar surface area (TPSA) is 87.8 Å². The van der Waals surface area contributed by atoms with Gasteiger partial charge in [0, 0.05) is 23.8 Å². The van der Waals surface area contributed by atoms with E-state index in [1.165, 1.54) is 5.56 Å². The first-order valence-electron chi connectivity index (χ1n) is 10.7. The second-order valence-electron chi connectivity index (χ2n) is 8.08. The third-order valence-electron chi connectivity index (χ3n) is 5.77. The molecule has 160 valence electrons. The summed E-state index contributed by atoms with van der Waals surface area (Å²) < 4.78 is 1.70. The number of hydrogen-bond donors (Lipinski definition) is 1. The summed E-state index contributed by atoms with van der Waals surface area (Å²) in [6.45, 7) is 0.487. The summed E-state index contributed by atoms with van der Waals surface area (Å²) in [6, 6.07) is 17.5. The number of nitriles is 1. The number of fused-ring (bicyclic) bond motifs is 1. The Morgan fingerprint density at radius 3 is 2.88 bits per heavy atom. The van der Waals surface area contributed by atoms with Crippen LogP contribution >= 0.6 is 0 Å². The molecule has 2 aliphatic rings. The fourth-order valence-corrected chi connectivity index (χ4v) is 4.13. The zero-order valence-corrected chi connectivity index (χ0v) is 17.8. The highest BCUT2D eigenvalue weighted by molar-refractivity contribution is 6.12. The van der Waals surface area contributed by atoms with Crippen LogP contribution in [-0.2, 0) is 22.6 Å². The van der Waals surface area contributed by atoms with Gasteiger partial charge in [-0.05, 0) is 46.9 Å². The van der Waals surface area contributed by atoms with Crippen molar-refractivity contribution < 1.29 is 9.59 Å². The molecule has 33 heavy (non-hydrogen) atoms. The van der Waals surface area contributed by atoms with E-state index in [9.17, 15) is 9.59 Å². The van der Waals surface area contributed by atoms with Crippen molar-refractivity contribution in [3.05, 3.63) is 112 Å². The van der Waals surface area contributed by atoms with Gasteiger partial charge in [0.05, 0.1) is 30.1 Å². The van der Waals surface area contributed by atoms with Crippen LogP contribution in [0.5, 0.6) is 0 Å². The molecule has 6 nitrogen and oxygen atoms in total. The van der Waals surface area contributed by atoms with Crippen LogP contribution in [0.15, 0.2) is 89.8 Å². The van der Waals surface area contributed by atoms with Crippen molar-refractivity contribution in [1.29, 1.82) is 5.26 Å². The van der Waals surface area contributed by atoms with E-state index in [2.05, 4.69) is 22.6 Å². The minimum absolute atomic E-state index is 0.0259. The van der Waals surface area contributed by atoms with Gasteiger partial charge in [0.15, 0.2) is 5.78 Å². The van der Waals surface area contributed by atoms with E-state index in [4.69, 9.17) is 5.26 Å². The predicted octanol–water partition coefficient (Wildman–Crippen LogP) is 4.21. The lowest BCUT2D eigenvalue weighted by Crippen LogP contribution is -2.18. The molecule has 0 fully saturated rings. The molecule has 3 aromatic rings. The zero-order valence-electron chi connectivity index (χ0n) is 17.8. The number of anilines is 1. The van der Waals surface area contributed by atoms with Gasteiger partial charge >= 0.3 is 0 Å². The van der Waals surface area contributed by atoms with Crippen LogP contribution in [0.4, 0.5) is 5.69 Å². The Kier molecular flexibility index (Phi) is 5.29. The van der Waals surface area contributed by atoms with E-state index in [0.29, 0.717) is 35.4 Å². The first-order valence-corrected chi connectivity index (χ1v) is 10.7. The zero-order chi connectivity index (χ0) is 22.8. The number of Topliss-reactive ketones (excluding diaryl/α,β-unsaturated/α-hetero) is 1. The van der Waals surface area contributed by atoms with E-state index in [-0.39, 0.29) is 18.1 Å². The smallest absolute Gasteiger partial charge is 0.255 e. The number of nitrogens with one attached hydrogen (secondary N) is 1. The molecule has 6 heteroatoms. The minimum atomic E-state index is -0.276. The van der Waals surface area contributed by atoms with Crippen molar-refractivity contribution in [1.82, 2.24) is 9.78 Å². The molecule has 0 aliphatic heterocycles. The summed E-state index contributed by atoms with van der Waals surface area (Å²) in [5.41, 5.74) is 6.44. The Morgan fingerprint density at radius 2 is 2.03 bits per heavy atom. The van der Waals surface area contributed by atoms with Crippen LogP contribution in [0.1, 0.15) is 28.7 Å². The average Bonchev–Trinajstić information content (AvgIpc) is 3.46. The summed E-state index contributed by atoms with van der Waals surface area (Å²) in [5.74, 6) is -0.250. The largest absolute Gasteiger partial charge is 0.319 e. The highest BCUT2D eigenvalue weighted by Gasteiger charge is 2.24. The molecule has 0 atom stereocenters. The van der Waals surface area contributed by atoms with Crippen molar-refractivity contribution in [2.75, 3.05) is 5.32 Å². The maximum atomic E-state index is 12.9. The Balaban J connectivity index is 1.28. The molecular weight excluding hydrogens is 412 g/mol. The summed E-state index contributed by atoms with van der Waals surface area (Å²) >= 11 is 0. The molecule has 0 spiro atoms. The van der Waals surface area contributed by atoms with Crippen LogP contribution in [0.2, 0.25) is 0 Å². The van der Waals surface area contributed by atoms with Gasteiger partial charge in [-0.1, -0.05) is 48.6 Å². The lowest BCUT2D eigenvalue weighted by Gasteiger charge is -2.14. The maximum absolute atomic E-state index is 12.9. The number of allylic oxidation sites excluding steroid dienone is 3. The molecule has 2 aromatic carbocycles. The van der Waals surface area contributed by atoms with Gasteiger partial charge in [0.25, 0.3) is 5.91 Å². The second kappa shape index (κ2) is 8.56. The van der Waals surface area contributed by atoms with Crippen molar-refractivity contribution in [3.63, 3.8) is 0 Å². The van der Waals surface area contributed by atoms with E-state index >= 15 is 0 Å². The number of hydrogen-bond acceptors (Lipinski definition) is 4. The SMILES string of the molecule is N#Cc1cccc(Cn2cc(NC(=O)C3=CCC(=O)C(C4=Cc5ccccc5C4)=C3)cn2)c1.